The number of fused-ring (bicyclic) bond motifs is 2. The average molecular weight is 491 g/mol. The van der Waals surface area contributed by atoms with Crippen molar-refractivity contribution in [1.29, 1.82) is 0 Å². The van der Waals surface area contributed by atoms with Crippen LogP contribution in [0.4, 0.5) is 26.3 Å². The molecular formula is C20H19F6N5O3. The summed E-state index contributed by atoms with van der Waals surface area (Å²) in [5, 5.41) is 2.41. The summed E-state index contributed by atoms with van der Waals surface area (Å²) in [5.74, 6) is -6.80. The van der Waals surface area contributed by atoms with Gasteiger partial charge in [0.05, 0.1) is 17.8 Å². The fourth-order valence-corrected chi connectivity index (χ4v) is 4.75. The molecule has 1 aliphatic heterocycles. The molecule has 2 aliphatic carbocycles. The Kier molecular flexibility index (Phi) is 6.16. The maximum absolute atomic E-state index is 15.4. The third kappa shape index (κ3) is 4.28. The van der Waals surface area contributed by atoms with Crippen molar-refractivity contribution in [2.24, 2.45) is 22.1 Å². The van der Waals surface area contributed by atoms with Gasteiger partial charge in [-0.25, -0.2) is 41.3 Å². The summed E-state index contributed by atoms with van der Waals surface area (Å²) in [7, 11) is 0. The van der Waals surface area contributed by atoms with Crippen molar-refractivity contribution < 1.29 is 40.6 Å². The van der Waals surface area contributed by atoms with Crippen molar-refractivity contribution in [2.45, 2.75) is 43.8 Å². The topological polar surface area (TPSA) is 112 Å². The normalized spacial score (nSPS) is 30.0. The third-order valence-corrected chi connectivity index (χ3v) is 6.13. The van der Waals surface area contributed by atoms with Gasteiger partial charge < -0.3 is 20.5 Å². The quantitative estimate of drug-likeness (QED) is 0.613. The van der Waals surface area contributed by atoms with Crippen LogP contribution < -0.4 is 15.8 Å². The number of carbonyl (C=O) groups is 1. The molecule has 1 aromatic rings. The number of ether oxygens (including phenoxy) is 2. The van der Waals surface area contributed by atoms with E-state index in [-0.39, 0.29) is 17.3 Å². The highest BCUT2D eigenvalue weighted by Gasteiger charge is 2.64. The van der Waals surface area contributed by atoms with Crippen LogP contribution >= 0.6 is 0 Å². The van der Waals surface area contributed by atoms with Gasteiger partial charge in [0, 0.05) is 30.9 Å². The zero-order chi connectivity index (χ0) is 24.7. The van der Waals surface area contributed by atoms with Crippen LogP contribution in [0.3, 0.4) is 0 Å². The number of carbonyl (C=O) groups excluding carboxylic acids is 1. The summed E-state index contributed by atoms with van der Waals surface area (Å²) in [4.78, 5) is 23.6. The van der Waals surface area contributed by atoms with Crippen LogP contribution in [0.1, 0.15) is 29.8 Å². The first-order valence-electron chi connectivity index (χ1n) is 10.1. The number of amidine groups is 1. The Morgan fingerprint density at radius 2 is 2.03 bits per heavy atom. The molecule has 2 unspecified atom stereocenters. The van der Waals surface area contributed by atoms with E-state index < -0.39 is 79.7 Å². The number of aromatic nitrogens is 2. The molecule has 4 rings (SSSR count). The lowest BCUT2D eigenvalue weighted by molar-refractivity contribution is -0.0216. The van der Waals surface area contributed by atoms with Gasteiger partial charge in [-0.2, -0.15) is 0 Å². The number of rotatable bonds is 5. The van der Waals surface area contributed by atoms with E-state index in [9.17, 15) is 26.7 Å². The van der Waals surface area contributed by atoms with Crippen molar-refractivity contribution in [3.63, 3.8) is 0 Å². The highest BCUT2D eigenvalue weighted by atomic mass is 19.3. The van der Waals surface area contributed by atoms with Crippen LogP contribution in [0.5, 0.6) is 5.88 Å². The lowest BCUT2D eigenvalue weighted by atomic mass is 9.63. The molecule has 1 aromatic heterocycles. The van der Waals surface area contributed by atoms with Crippen LogP contribution in [-0.2, 0) is 4.74 Å². The van der Waals surface area contributed by atoms with Crippen LogP contribution in [0.25, 0.3) is 0 Å². The summed E-state index contributed by atoms with van der Waals surface area (Å²) in [6, 6.07) is -2.86. The number of nitrogens with one attached hydrogen (secondary N) is 1. The minimum Gasteiger partial charge on any atom is -0.462 e. The summed E-state index contributed by atoms with van der Waals surface area (Å²) < 4.78 is 94.1. The number of aliphatic imine (C=N–C) groups is 1. The predicted octanol–water partition coefficient (Wildman–Crippen LogP) is 3.03. The smallest absolute Gasteiger partial charge is 0.282 e. The molecule has 34 heavy (non-hydrogen) atoms. The summed E-state index contributed by atoms with van der Waals surface area (Å²) >= 11 is 0. The second-order valence-corrected chi connectivity index (χ2v) is 8.14. The van der Waals surface area contributed by atoms with E-state index >= 15 is 4.39 Å². The molecule has 8 nitrogen and oxygen atoms in total. The zero-order valence-corrected chi connectivity index (χ0v) is 17.4. The minimum absolute atomic E-state index is 0.0347. The number of amides is 1. The minimum atomic E-state index is -3.30. The molecule has 2 heterocycles. The lowest BCUT2D eigenvalue weighted by Crippen LogP contribution is -2.49. The lowest BCUT2D eigenvalue weighted by Gasteiger charge is -2.43. The van der Waals surface area contributed by atoms with E-state index in [0.717, 1.165) is 24.5 Å². The second kappa shape index (κ2) is 8.80. The number of nitrogens with zero attached hydrogens (tertiary/aromatic N) is 3. The molecule has 1 amide bonds. The molecular weight excluding hydrogens is 472 g/mol. The van der Waals surface area contributed by atoms with Gasteiger partial charge in [0.2, 0.25) is 12.7 Å². The van der Waals surface area contributed by atoms with Crippen molar-refractivity contribution in [2.75, 3.05) is 6.86 Å². The first-order valence-corrected chi connectivity index (χ1v) is 10.1. The first kappa shape index (κ1) is 23.8. The van der Waals surface area contributed by atoms with E-state index in [2.05, 4.69) is 25.0 Å². The van der Waals surface area contributed by atoms with Gasteiger partial charge in [-0.05, 0) is 12.2 Å². The Labute approximate surface area is 188 Å². The molecule has 1 saturated carbocycles. The van der Waals surface area contributed by atoms with Gasteiger partial charge in [-0.3, -0.25) is 4.79 Å². The maximum atomic E-state index is 15.4. The standard InChI is InChI=1S/C20H19F6N5O3/c21-8-33-14-7-28-11(6-29-14)17(32)30-9-1-2-13(22)20(3-9)10-4-19(25,26)5-12(10)34-18(27)31-15(20)16(23)24/h1-2,6-7,10,12,15-16H,3-5,8H2,(H2,27,31)(H,30,32)/t10-,12+,15?,20?/m0/s1. The fraction of sp³-hybridized carbons (Fsp3) is 0.500. The molecule has 0 saturated heterocycles. The average Bonchev–Trinajstić information content (AvgIpc) is 3.03. The molecule has 0 bridgehead atoms. The SMILES string of the molecule is NC1=NC(C(F)F)C2(CC(NC(=O)c3cnc(OCF)cn3)=CC=C2F)[C@H]2CC(F)(F)C[C@H]2O1. The van der Waals surface area contributed by atoms with Gasteiger partial charge in [0.25, 0.3) is 24.3 Å². The number of nitrogens with two attached hydrogens (primary N) is 1. The maximum Gasteiger partial charge on any atom is 0.282 e. The predicted molar refractivity (Wildman–Crippen MR) is 104 cm³/mol. The number of halogens is 6. The van der Waals surface area contributed by atoms with Crippen LogP contribution in [-0.4, -0.2) is 53.3 Å². The molecule has 1 fully saturated rings. The molecule has 184 valence electrons. The summed E-state index contributed by atoms with van der Waals surface area (Å²) in [6.45, 7) is -1.16. The Morgan fingerprint density at radius 3 is 2.68 bits per heavy atom. The van der Waals surface area contributed by atoms with Gasteiger partial charge in [-0.1, -0.05) is 0 Å². The molecule has 1 spiro atoms. The first-order chi connectivity index (χ1) is 16.1. The number of hydrogen-bond donors (Lipinski definition) is 2. The van der Waals surface area contributed by atoms with Crippen LogP contribution in [0.2, 0.25) is 0 Å². The van der Waals surface area contributed by atoms with Crippen molar-refractivity contribution in [1.82, 2.24) is 15.3 Å². The highest BCUT2D eigenvalue weighted by molar-refractivity contribution is 5.93. The molecule has 0 radical (unpaired) electrons. The van der Waals surface area contributed by atoms with Gasteiger partial charge in [0.15, 0.2) is 0 Å². The summed E-state index contributed by atoms with van der Waals surface area (Å²) in [5.41, 5.74) is 3.04. The van der Waals surface area contributed by atoms with Crippen molar-refractivity contribution in [3.8, 4) is 5.88 Å². The van der Waals surface area contributed by atoms with E-state index in [1.165, 1.54) is 0 Å². The third-order valence-electron chi connectivity index (χ3n) is 6.13. The van der Waals surface area contributed by atoms with E-state index in [4.69, 9.17) is 10.5 Å². The summed E-state index contributed by atoms with van der Waals surface area (Å²) in [6.07, 6.45) is -3.02. The monoisotopic (exact) mass is 491 g/mol. The molecule has 0 aromatic carbocycles. The highest BCUT2D eigenvalue weighted by Crippen LogP contribution is 2.59. The van der Waals surface area contributed by atoms with E-state index in [1.54, 1.807) is 0 Å². The van der Waals surface area contributed by atoms with Crippen molar-refractivity contribution in [3.05, 3.63) is 41.8 Å². The van der Waals surface area contributed by atoms with Gasteiger partial charge in [-0.15, -0.1) is 0 Å². The Morgan fingerprint density at radius 1 is 1.26 bits per heavy atom. The largest absolute Gasteiger partial charge is 0.462 e. The number of allylic oxidation sites excluding steroid dienone is 3. The Hall–Kier alpha value is -3.32. The second-order valence-electron chi connectivity index (χ2n) is 8.14. The Bertz CT molecular complexity index is 1050. The molecule has 3 N–H and O–H groups in total. The van der Waals surface area contributed by atoms with E-state index in [1.807, 2.05) is 0 Å². The van der Waals surface area contributed by atoms with E-state index in [0.29, 0.717) is 0 Å². The fourth-order valence-electron chi connectivity index (χ4n) is 4.75. The molecule has 14 heteroatoms. The Balaban J connectivity index is 1.66. The molecule has 4 atom stereocenters. The van der Waals surface area contributed by atoms with Gasteiger partial charge in [0.1, 0.15) is 23.7 Å². The zero-order valence-electron chi connectivity index (χ0n) is 17.4. The van der Waals surface area contributed by atoms with Gasteiger partial charge >= 0.3 is 0 Å². The van der Waals surface area contributed by atoms with Crippen LogP contribution in [0.15, 0.2) is 41.1 Å². The number of hydrogen-bond acceptors (Lipinski definition) is 7. The van der Waals surface area contributed by atoms with Crippen molar-refractivity contribution >= 4 is 11.9 Å². The molecule has 3 aliphatic rings. The number of alkyl halides is 5. The van der Waals surface area contributed by atoms with Crippen LogP contribution in [0, 0.1) is 11.3 Å².